The third-order valence-electron chi connectivity index (χ3n) is 8.11. The summed E-state index contributed by atoms with van der Waals surface area (Å²) in [5, 5.41) is 10.0. The molecule has 0 saturated heterocycles. The number of benzene rings is 2. The van der Waals surface area contributed by atoms with Crippen LogP contribution in [0.1, 0.15) is 67.6 Å². The molecule has 5 atom stereocenters. The lowest BCUT2D eigenvalue weighted by molar-refractivity contribution is -0.109. The van der Waals surface area contributed by atoms with Crippen molar-refractivity contribution in [3.63, 3.8) is 0 Å². The van der Waals surface area contributed by atoms with Crippen molar-refractivity contribution in [1.82, 2.24) is 0 Å². The Morgan fingerprint density at radius 2 is 2.00 bits per heavy atom. The van der Waals surface area contributed by atoms with Crippen LogP contribution in [0.4, 0.5) is 0 Å². The highest BCUT2D eigenvalue weighted by Gasteiger charge is 2.54. The summed E-state index contributed by atoms with van der Waals surface area (Å²) in [7, 11) is 0. The normalized spacial score (nSPS) is 32.7. The van der Waals surface area contributed by atoms with Gasteiger partial charge in [0.25, 0.3) is 0 Å². The molecule has 152 valence electrons. The molecule has 2 saturated carbocycles. The van der Waals surface area contributed by atoms with Crippen molar-refractivity contribution in [1.29, 1.82) is 0 Å². The van der Waals surface area contributed by atoms with E-state index in [9.17, 15) is 9.90 Å². The summed E-state index contributed by atoms with van der Waals surface area (Å²) in [6.07, 6.45) is 8.42. The van der Waals surface area contributed by atoms with Crippen molar-refractivity contribution in [2.24, 2.45) is 17.3 Å². The number of phenolic OH excluding ortho intramolecular Hbond substituents is 1. The minimum Gasteiger partial charge on any atom is -0.508 e. The molecule has 1 N–H and O–H groups in total. The molecule has 29 heavy (non-hydrogen) atoms. The van der Waals surface area contributed by atoms with Gasteiger partial charge in [0.2, 0.25) is 0 Å². The van der Waals surface area contributed by atoms with E-state index in [2.05, 4.69) is 25.1 Å². The summed E-state index contributed by atoms with van der Waals surface area (Å²) in [5.74, 6) is 3.70. The lowest BCUT2D eigenvalue weighted by Crippen LogP contribution is -2.43. The van der Waals surface area contributed by atoms with Crippen LogP contribution in [0.5, 0.6) is 11.5 Å². The standard InChI is InChI=1S/C26H30O3/c1-26-12-2-3-24(26)22-10-6-18-15-19(28)7-11-21(18)25(22)23(16-26)17-4-8-20(9-5-17)29-14-13-27/h4-5,7-9,11,13,15,22-25,28H,2-3,6,10,12,14,16H2,1H3. The lowest BCUT2D eigenvalue weighted by Gasteiger charge is -2.53. The first-order valence-corrected chi connectivity index (χ1v) is 11.1. The first kappa shape index (κ1) is 18.7. The van der Waals surface area contributed by atoms with Gasteiger partial charge in [0.05, 0.1) is 0 Å². The largest absolute Gasteiger partial charge is 0.508 e. The zero-order valence-corrected chi connectivity index (χ0v) is 17.1. The third kappa shape index (κ3) is 3.15. The number of carbonyl (C=O) groups is 1. The van der Waals surface area contributed by atoms with Crippen molar-refractivity contribution in [3.05, 3.63) is 59.2 Å². The van der Waals surface area contributed by atoms with E-state index in [1.165, 1.54) is 48.8 Å². The molecular weight excluding hydrogens is 360 g/mol. The Morgan fingerprint density at radius 3 is 2.79 bits per heavy atom. The van der Waals surface area contributed by atoms with E-state index in [1.807, 2.05) is 24.3 Å². The van der Waals surface area contributed by atoms with Crippen LogP contribution in [-0.2, 0) is 11.2 Å². The SMILES string of the molecule is CC12CCCC1C1CCc3cc(O)ccc3C1C(c1ccc(OCC=O)cc1)C2. The predicted octanol–water partition coefficient (Wildman–Crippen LogP) is 5.61. The van der Waals surface area contributed by atoms with Gasteiger partial charge in [0.15, 0.2) is 6.29 Å². The van der Waals surface area contributed by atoms with Gasteiger partial charge in [-0.15, -0.1) is 0 Å². The quantitative estimate of drug-likeness (QED) is 0.690. The summed E-state index contributed by atoms with van der Waals surface area (Å²) in [6.45, 7) is 2.63. The average Bonchev–Trinajstić information content (AvgIpc) is 3.13. The monoisotopic (exact) mass is 390 g/mol. The third-order valence-corrected chi connectivity index (χ3v) is 8.11. The second-order valence-corrected chi connectivity index (χ2v) is 9.62. The van der Waals surface area contributed by atoms with E-state index in [0.717, 1.165) is 30.3 Å². The van der Waals surface area contributed by atoms with E-state index < -0.39 is 0 Å². The van der Waals surface area contributed by atoms with Crippen molar-refractivity contribution < 1.29 is 14.6 Å². The molecule has 0 heterocycles. The molecule has 3 heteroatoms. The number of aryl methyl sites for hydroxylation is 1. The summed E-state index contributed by atoms with van der Waals surface area (Å²) >= 11 is 0. The summed E-state index contributed by atoms with van der Waals surface area (Å²) in [5.41, 5.74) is 4.61. The van der Waals surface area contributed by atoms with Crippen LogP contribution in [0.25, 0.3) is 0 Å². The molecule has 0 amide bonds. The molecule has 0 aliphatic heterocycles. The molecule has 0 spiro atoms. The van der Waals surface area contributed by atoms with Crippen LogP contribution in [0.2, 0.25) is 0 Å². The first-order chi connectivity index (χ1) is 14.1. The van der Waals surface area contributed by atoms with Gasteiger partial charge in [-0.25, -0.2) is 0 Å². The minimum absolute atomic E-state index is 0.101. The summed E-state index contributed by atoms with van der Waals surface area (Å²) in [6, 6.07) is 14.5. The molecule has 5 unspecified atom stereocenters. The van der Waals surface area contributed by atoms with Crippen LogP contribution in [0, 0.1) is 17.3 Å². The highest BCUT2D eigenvalue weighted by atomic mass is 16.5. The van der Waals surface area contributed by atoms with Crippen molar-refractivity contribution in [3.8, 4) is 11.5 Å². The predicted molar refractivity (Wildman–Crippen MR) is 113 cm³/mol. The Hall–Kier alpha value is -2.29. The van der Waals surface area contributed by atoms with E-state index in [0.29, 0.717) is 23.0 Å². The molecular formula is C26H30O3. The van der Waals surface area contributed by atoms with Gasteiger partial charge in [0.1, 0.15) is 18.1 Å². The van der Waals surface area contributed by atoms with Crippen LogP contribution in [0.15, 0.2) is 42.5 Å². The molecule has 3 aliphatic rings. The van der Waals surface area contributed by atoms with Gasteiger partial charge in [-0.2, -0.15) is 0 Å². The molecule has 2 aromatic rings. The van der Waals surface area contributed by atoms with E-state index in [-0.39, 0.29) is 6.61 Å². The van der Waals surface area contributed by atoms with Gasteiger partial charge >= 0.3 is 0 Å². The average molecular weight is 391 g/mol. The Balaban J connectivity index is 1.55. The van der Waals surface area contributed by atoms with Crippen molar-refractivity contribution in [2.75, 3.05) is 6.61 Å². The maximum atomic E-state index is 10.6. The number of aldehydes is 1. The molecule has 0 aromatic heterocycles. The van der Waals surface area contributed by atoms with Gasteiger partial charge in [-0.1, -0.05) is 31.5 Å². The molecule has 0 radical (unpaired) electrons. The number of aromatic hydroxyl groups is 1. The summed E-state index contributed by atoms with van der Waals surface area (Å²) < 4.78 is 5.47. The number of hydrogen-bond acceptors (Lipinski definition) is 3. The molecule has 0 bridgehead atoms. The van der Waals surface area contributed by atoms with Crippen LogP contribution in [0.3, 0.4) is 0 Å². The van der Waals surface area contributed by atoms with Gasteiger partial charge in [0, 0.05) is 0 Å². The van der Waals surface area contributed by atoms with E-state index in [1.54, 1.807) is 0 Å². The van der Waals surface area contributed by atoms with Crippen molar-refractivity contribution >= 4 is 6.29 Å². The fourth-order valence-corrected chi connectivity index (χ4v) is 6.97. The van der Waals surface area contributed by atoms with Crippen LogP contribution in [-0.4, -0.2) is 18.0 Å². The smallest absolute Gasteiger partial charge is 0.157 e. The van der Waals surface area contributed by atoms with E-state index in [4.69, 9.17) is 4.74 Å². The van der Waals surface area contributed by atoms with Crippen molar-refractivity contribution in [2.45, 2.75) is 57.3 Å². The topological polar surface area (TPSA) is 46.5 Å². The number of rotatable bonds is 4. The second-order valence-electron chi connectivity index (χ2n) is 9.62. The number of hydrogen-bond donors (Lipinski definition) is 1. The van der Waals surface area contributed by atoms with E-state index >= 15 is 0 Å². The maximum absolute atomic E-state index is 10.6. The zero-order valence-electron chi connectivity index (χ0n) is 17.1. The number of phenols is 1. The van der Waals surface area contributed by atoms with Crippen LogP contribution >= 0.6 is 0 Å². The van der Waals surface area contributed by atoms with Gasteiger partial charge in [-0.05, 0) is 102 Å². The highest BCUT2D eigenvalue weighted by molar-refractivity contribution is 5.51. The molecule has 2 aromatic carbocycles. The molecule has 5 rings (SSSR count). The first-order valence-electron chi connectivity index (χ1n) is 11.1. The fourth-order valence-electron chi connectivity index (χ4n) is 6.97. The van der Waals surface area contributed by atoms with Crippen LogP contribution < -0.4 is 4.74 Å². The van der Waals surface area contributed by atoms with Gasteiger partial charge < -0.3 is 9.84 Å². The minimum atomic E-state index is 0.101. The fraction of sp³-hybridized carbons (Fsp3) is 0.500. The molecule has 2 fully saturated rings. The Bertz CT molecular complexity index is 903. The number of fused-ring (bicyclic) bond motifs is 5. The number of carbonyl (C=O) groups excluding carboxylic acids is 1. The highest BCUT2D eigenvalue weighted by Crippen LogP contribution is 2.65. The Labute approximate surface area is 173 Å². The summed E-state index contributed by atoms with van der Waals surface area (Å²) in [4.78, 5) is 10.6. The lowest BCUT2D eigenvalue weighted by atomic mass is 9.51. The molecule has 3 aliphatic carbocycles. The zero-order chi connectivity index (χ0) is 20.0. The molecule has 3 nitrogen and oxygen atoms in total. The second kappa shape index (κ2) is 7.19. The van der Waals surface area contributed by atoms with Gasteiger partial charge in [-0.3, -0.25) is 4.79 Å². The Morgan fingerprint density at radius 1 is 1.17 bits per heavy atom. The Kier molecular flexibility index (Phi) is 4.64. The maximum Gasteiger partial charge on any atom is 0.157 e. The number of ether oxygens (including phenoxy) is 1.